The third-order valence-corrected chi connectivity index (χ3v) is 4.13. The highest BCUT2D eigenvalue weighted by Crippen LogP contribution is 2.34. The maximum atomic E-state index is 12.6. The van der Waals surface area contributed by atoms with Crippen LogP contribution in [0.3, 0.4) is 0 Å². The zero-order chi connectivity index (χ0) is 19.8. The number of ether oxygens (including phenoxy) is 2. The van der Waals surface area contributed by atoms with Gasteiger partial charge in [0.05, 0.1) is 0 Å². The van der Waals surface area contributed by atoms with Crippen molar-refractivity contribution in [3.63, 3.8) is 0 Å². The van der Waals surface area contributed by atoms with Gasteiger partial charge in [-0.3, -0.25) is 14.5 Å². The number of benzene rings is 1. The van der Waals surface area contributed by atoms with Crippen LogP contribution in [-0.2, 0) is 16.0 Å². The fourth-order valence-electron chi connectivity index (χ4n) is 2.87. The summed E-state index contributed by atoms with van der Waals surface area (Å²) in [7, 11) is 0. The second-order valence-electron chi connectivity index (χ2n) is 6.41. The zero-order valence-electron chi connectivity index (χ0n) is 14.2. The second-order valence-corrected chi connectivity index (χ2v) is 6.41. The molecule has 1 fully saturated rings. The lowest BCUT2D eigenvalue weighted by Gasteiger charge is -2.22. The van der Waals surface area contributed by atoms with Gasteiger partial charge in [-0.1, -0.05) is 6.07 Å². The molecule has 8 nitrogen and oxygen atoms in total. The number of alkyl halides is 3. The van der Waals surface area contributed by atoms with E-state index in [1.807, 2.05) is 0 Å². The Labute approximate surface area is 151 Å². The quantitative estimate of drug-likeness (QED) is 0.734. The van der Waals surface area contributed by atoms with Gasteiger partial charge in [-0.25, -0.2) is 4.79 Å². The van der Waals surface area contributed by atoms with E-state index in [1.54, 1.807) is 23.5 Å². The number of urea groups is 1. The molecule has 0 aromatic heterocycles. The van der Waals surface area contributed by atoms with Crippen LogP contribution in [0.2, 0.25) is 0 Å². The summed E-state index contributed by atoms with van der Waals surface area (Å²) in [5.41, 5.74) is -0.659. The van der Waals surface area contributed by atoms with Crippen molar-refractivity contribution in [1.82, 2.24) is 15.5 Å². The molecule has 0 bridgehead atoms. The van der Waals surface area contributed by atoms with E-state index in [0.717, 1.165) is 0 Å². The maximum absolute atomic E-state index is 12.6. The summed E-state index contributed by atoms with van der Waals surface area (Å²) in [6.07, 6.45) is -4.48. The molecule has 0 radical (unpaired) electrons. The van der Waals surface area contributed by atoms with Crippen LogP contribution < -0.4 is 20.1 Å². The molecule has 1 aromatic carbocycles. The summed E-state index contributed by atoms with van der Waals surface area (Å²) < 4.78 is 46.9. The summed E-state index contributed by atoms with van der Waals surface area (Å²) in [6.45, 7) is -0.764. The number of hydrogen-bond acceptors (Lipinski definition) is 5. The highest BCUT2D eigenvalue weighted by molar-refractivity contribution is 6.08. The van der Waals surface area contributed by atoms with E-state index in [0.29, 0.717) is 22.0 Å². The number of hydrogen-bond donors (Lipinski definition) is 2. The van der Waals surface area contributed by atoms with Crippen molar-refractivity contribution in [3.05, 3.63) is 23.8 Å². The molecule has 0 aliphatic carbocycles. The summed E-state index contributed by atoms with van der Waals surface area (Å²) in [6, 6.07) is 4.21. The number of nitrogens with zero attached hydrogens (tertiary/aromatic N) is 1. The van der Waals surface area contributed by atoms with Gasteiger partial charge in [-0.05, 0) is 24.6 Å². The molecule has 2 N–H and O–H groups in total. The van der Waals surface area contributed by atoms with E-state index >= 15 is 0 Å². The maximum Gasteiger partial charge on any atom is 0.405 e. The molecule has 3 rings (SSSR count). The van der Waals surface area contributed by atoms with Gasteiger partial charge >= 0.3 is 12.2 Å². The van der Waals surface area contributed by atoms with Crippen LogP contribution in [0, 0.1) is 0 Å². The molecular weight excluding hydrogens is 371 g/mol. The minimum absolute atomic E-state index is 0.0898. The van der Waals surface area contributed by atoms with Crippen LogP contribution in [0.25, 0.3) is 0 Å². The standard InChI is InChI=1S/C16H16F3N3O5/c1-15(5-9-2-3-10-11(4-9)27-8-26-10)13(24)22(14(25)21-15)6-12(23)20-7-16(17,18)19/h2-4H,5-8H2,1H3,(H,20,23)(H,21,25). The van der Waals surface area contributed by atoms with E-state index in [9.17, 15) is 27.6 Å². The molecule has 2 aliphatic rings. The lowest BCUT2D eigenvalue weighted by molar-refractivity contribution is -0.141. The van der Waals surface area contributed by atoms with Gasteiger partial charge in [0.25, 0.3) is 5.91 Å². The van der Waals surface area contributed by atoms with Gasteiger partial charge in [0, 0.05) is 6.42 Å². The topological polar surface area (TPSA) is 97.0 Å². The molecule has 0 spiro atoms. The fraction of sp³-hybridized carbons (Fsp3) is 0.438. The summed E-state index contributed by atoms with van der Waals surface area (Å²) in [5, 5.41) is 4.11. The molecule has 1 unspecified atom stereocenters. The molecule has 2 aliphatic heterocycles. The third kappa shape index (κ3) is 4.07. The largest absolute Gasteiger partial charge is 0.454 e. The first kappa shape index (κ1) is 18.8. The van der Waals surface area contributed by atoms with E-state index in [1.165, 1.54) is 6.92 Å². The number of halogens is 3. The number of imide groups is 1. The monoisotopic (exact) mass is 387 g/mol. The number of fused-ring (bicyclic) bond motifs is 1. The highest BCUT2D eigenvalue weighted by Gasteiger charge is 2.48. The first-order chi connectivity index (χ1) is 12.6. The Morgan fingerprint density at radius 1 is 1.30 bits per heavy atom. The number of nitrogens with one attached hydrogen (secondary N) is 2. The van der Waals surface area contributed by atoms with Crippen molar-refractivity contribution in [3.8, 4) is 11.5 Å². The Hall–Kier alpha value is -2.98. The number of rotatable bonds is 5. The Morgan fingerprint density at radius 3 is 2.70 bits per heavy atom. The van der Waals surface area contributed by atoms with E-state index < -0.39 is 42.7 Å². The van der Waals surface area contributed by atoms with Crippen LogP contribution in [0.15, 0.2) is 18.2 Å². The van der Waals surface area contributed by atoms with Gasteiger partial charge < -0.3 is 20.1 Å². The fourth-order valence-corrected chi connectivity index (χ4v) is 2.87. The van der Waals surface area contributed by atoms with Crippen LogP contribution in [0.4, 0.5) is 18.0 Å². The number of amides is 4. The summed E-state index contributed by atoms with van der Waals surface area (Å²) >= 11 is 0. The second kappa shape index (κ2) is 6.63. The lowest BCUT2D eigenvalue weighted by Crippen LogP contribution is -2.47. The predicted molar refractivity (Wildman–Crippen MR) is 84.0 cm³/mol. The minimum atomic E-state index is -4.58. The molecular formula is C16H16F3N3O5. The average molecular weight is 387 g/mol. The van der Waals surface area contributed by atoms with Gasteiger partial charge in [-0.15, -0.1) is 0 Å². The molecule has 1 saturated heterocycles. The van der Waals surface area contributed by atoms with Crippen molar-refractivity contribution in [2.45, 2.75) is 25.1 Å². The lowest BCUT2D eigenvalue weighted by atomic mass is 9.92. The number of carbonyl (C=O) groups is 3. The molecule has 146 valence electrons. The SMILES string of the molecule is CC1(Cc2ccc3c(c2)OCO3)NC(=O)N(CC(=O)NCC(F)(F)F)C1=O. The Balaban J connectivity index is 1.66. The summed E-state index contributed by atoms with van der Waals surface area (Å²) in [5.74, 6) is -0.708. The van der Waals surface area contributed by atoms with Gasteiger partial charge in [0.2, 0.25) is 12.7 Å². The first-order valence-corrected chi connectivity index (χ1v) is 7.93. The Bertz CT molecular complexity index is 798. The van der Waals surface area contributed by atoms with Crippen LogP contribution >= 0.6 is 0 Å². The van der Waals surface area contributed by atoms with E-state index in [-0.39, 0.29) is 13.2 Å². The average Bonchev–Trinajstić information content (AvgIpc) is 3.10. The van der Waals surface area contributed by atoms with E-state index in [2.05, 4.69) is 5.32 Å². The number of carbonyl (C=O) groups excluding carboxylic acids is 3. The molecule has 1 atom stereocenters. The molecule has 0 saturated carbocycles. The molecule has 4 amide bonds. The van der Waals surface area contributed by atoms with Crippen molar-refractivity contribution in [1.29, 1.82) is 0 Å². The Morgan fingerprint density at radius 2 is 2.00 bits per heavy atom. The van der Waals surface area contributed by atoms with Gasteiger partial charge in [0.15, 0.2) is 11.5 Å². The molecule has 27 heavy (non-hydrogen) atoms. The first-order valence-electron chi connectivity index (χ1n) is 7.93. The minimum Gasteiger partial charge on any atom is -0.454 e. The van der Waals surface area contributed by atoms with Crippen LogP contribution in [-0.4, -0.2) is 54.3 Å². The summed E-state index contributed by atoms with van der Waals surface area (Å²) in [4.78, 5) is 36.9. The molecule has 2 heterocycles. The zero-order valence-corrected chi connectivity index (χ0v) is 14.2. The Kier molecular flexibility index (Phi) is 4.62. The van der Waals surface area contributed by atoms with E-state index in [4.69, 9.17) is 9.47 Å². The molecule has 1 aromatic rings. The van der Waals surface area contributed by atoms with Crippen molar-refractivity contribution < 1.29 is 37.0 Å². The van der Waals surface area contributed by atoms with Crippen LogP contribution in [0.1, 0.15) is 12.5 Å². The van der Waals surface area contributed by atoms with Gasteiger partial charge in [-0.2, -0.15) is 13.2 Å². The van der Waals surface area contributed by atoms with Crippen molar-refractivity contribution in [2.75, 3.05) is 19.9 Å². The highest BCUT2D eigenvalue weighted by atomic mass is 19.4. The smallest absolute Gasteiger partial charge is 0.405 e. The third-order valence-electron chi connectivity index (χ3n) is 4.13. The predicted octanol–water partition coefficient (Wildman–Crippen LogP) is 0.947. The molecule has 11 heteroatoms. The van der Waals surface area contributed by atoms with Crippen molar-refractivity contribution in [2.24, 2.45) is 0 Å². The van der Waals surface area contributed by atoms with Crippen LogP contribution in [0.5, 0.6) is 11.5 Å². The van der Waals surface area contributed by atoms with Gasteiger partial charge in [0.1, 0.15) is 18.6 Å². The normalized spacial score (nSPS) is 21.4. The van der Waals surface area contributed by atoms with Crippen molar-refractivity contribution >= 4 is 17.8 Å².